The smallest absolute Gasteiger partial charge is 0.240 e. The number of rotatable bonds is 2. The topological polar surface area (TPSA) is 86.9 Å². The molecule has 17 heavy (non-hydrogen) atoms. The Balaban J connectivity index is 2.75. The summed E-state index contributed by atoms with van der Waals surface area (Å²) in [6.45, 7) is 1.59. The monoisotopic (exact) mass is 348 g/mol. The Morgan fingerprint density at radius 3 is 2.82 bits per heavy atom. The maximum atomic E-state index is 13.5. The van der Waals surface area contributed by atoms with Gasteiger partial charge in [-0.1, -0.05) is 0 Å². The highest BCUT2D eigenvalue weighted by molar-refractivity contribution is 14.1. The van der Waals surface area contributed by atoms with Gasteiger partial charge in [-0.15, -0.1) is 0 Å². The van der Waals surface area contributed by atoms with Crippen LogP contribution in [0.3, 0.4) is 0 Å². The van der Waals surface area contributed by atoms with Crippen molar-refractivity contribution in [1.29, 1.82) is 0 Å². The summed E-state index contributed by atoms with van der Waals surface area (Å²) in [7, 11) is 0. The number of carbonyl (C=O) groups excluding carboxylic acids is 1. The summed E-state index contributed by atoms with van der Waals surface area (Å²) in [6, 6.07) is 2.21. The van der Waals surface area contributed by atoms with Crippen molar-refractivity contribution in [3.05, 3.63) is 21.5 Å². The number of amides is 1. The van der Waals surface area contributed by atoms with Gasteiger partial charge in [-0.3, -0.25) is 9.36 Å². The minimum atomic E-state index is -0.667. The fraction of sp³-hybridized carbons (Fsp3) is 0.200. The van der Waals surface area contributed by atoms with Crippen LogP contribution in [0.1, 0.15) is 13.0 Å². The number of hydrogen-bond acceptors (Lipinski definition) is 3. The van der Waals surface area contributed by atoms with E-state index in [1.807, 2.05) is 22.6 Å². The highest BCUT2D eigenvalue weighted by Crippen LogP contribution is 2.25. The van der Waals surface area contributed by atoms with Gasteiger partial charge in [-0.2, -0.15) is 0 Å². The Labute approximate surface area is 110 Å². The molecule has 0 radical (unpaired) electrons. The third-order valence-electron chi connectivity index (χ3n) is 2.56. The van der Waals surface area contributed by atoms with Crippen LogP contribution in [0.2, 0.25) is 0 Å². The second kappa shape index (κ2) is 4.13. The molecule has 4 N–H and O–H groups in total. The van der Waals surface area contributed by atoms with Crippen LogP contribution in [0, 0.1) is 9.39 Å². The Morgan fingerprint density at radius 2 is 2.24 bits per heavy atom. The molecule has 1 aromatic heterocycles. The zero-order valence-corrected chi connectivity index (χ0v) is 11.1. The first-order valence-corrected chi connectivity index (χ1v) is 5.91. The normalized spacial score (nSPS) is 12.9. The van der Waals surface area contributed by atoms with E-state index in [1.165, 1.54) is 10.6 Å². The molecule has 1 atom stereocenters. The van der Waals surface area contributed by atoms with Crippen molar-refractivity contribution in [2.24, 2.45) is 5.73 Å². The standard InChI is InChI=1S/C10H10FIN4O/c1-4(9(13)17)16-8-2-5(11)6(12)3-7(8)15-10(16)14/h2-4H,1H3,(H2,13,17)(H2,14,15). The van der Waals surface area contributed by atoms with Gasteiger partial charge in [-0.25, -0.2) is 9.37 Å². The number of anilines is 1. The van der Waals surface area contributed by atoms with Crippen LogP contribution in [0.5, 0.6) is 0 Å². The Hall–Kier alpha value is -1.38. The van der Waals surface area contributed by atoms with Gasteiger partial charge in [0.2, 0.25) is 11.9 Å². The lowest BCUT2D eigenvalue weighted by Crippen LogP contribution is -2.24. The molecule has 1 aromatic carbocycles. The summed E-state index contributed by atoms with van der Waals surface area (Å²) in [5.74, 6) is -0.779. The number of primary amides is 1. The third kappa shape index (κ3) is 1.94. The molecule has 1 unspecified atom stereocenters. The number of nitrogens with two attached hydrogens (primary N) is 2. The van der Waals surface area contributed by atoms with Crippen LogP contribution in [0.25, 0.3) is 11.0 Å². The van der Waals surface area contributed by atoms with E-state index in [-0.39, 0.29) is 11.8 Å². The van der Waals surface area contributed by atoms with Gasteiger partial charge in [0, 0.05) is 6.07 Å². The zero-order chi connectivity index (χ0) is 12.7. The van der Waals surface area contributed by atoms with Crippen LogP contribution in [-0.2, 0) is 4.79 Å². The van der Waals surface area contributed by atoms with Gasteiger partial charge in [0.05, 0.1) is 14.6 Å². The van der Waals surface area contributed by atoms with Crippen molar-refractivity contribution >= 4 is 45.5 Å². The number of halogens is 2. The molecule has 2 aromatic rings. The number of fused-ring (bicyclic) bond motifs is 1. The number of nitrogen functional groups attached to an aromatic ring is 1. The average molecular weight is 348 g/mol. The first-order chi connectivity index (χ1) is 7.91. The lowest BCUT2D eigenvalue weighted by molar-refractivity contribution is -0.120. The van der Waals surface area contributed by atoms with Crippen molar-refractivity contribution < 1.29 is 9.18 Å². The number of carbonyl (C=O) groups is 1. The van der Waals surface area contributed by atoms with Gasteiger partial charge in [0.1, 0.15) is 11.9 Å². The second-order valence-electron chi connectivity index (χ2n) is 3.67. The number of nitrogens with zero attached hydrogens (tertiary/aromatic N) is 2. The Morgan fingerprint density at radius 1 is 1.59 bits per heavy atom. The maximum Gasteiger partial charge on any atom is 0.240 e. The summed E-state index contributed by atoms with van der Waals surface area (Å²) in [5, 5.41) is 0. The van der Waals surface area contributed by atoms with Crippen molar-refractivity contribution in [3.8, 4) is 0 Å². The summed E-state index contributed by atoms with van der Waals surface area (Å²) in [6.07, 6.45) is 0. The minimum absolute atomic E-state index is 0.146. The zero-order valence-electron chi connectivity index (χ0n) is 8.95. The molecule has 0 spiro atoms. The molecule has 1 amide bonds. The van der Waals surface area contributed by atoms with Gasteiger partial charge in [-0.05, 0) is 35.6 Å². The van der Waals surface area contributed by atoms with E-state index in [9.17, 15) is 9.18 Å². The minimum Gasteiger partial charge on any atom is -0.369 e. The lowest BCUT2D eigenvalue weighted by Gasteiger charge is -2.12. The van der Waals surface area contributed by atoms with Gasteiger partial charge < -0.3 is 11.5 Å². The van der Waals surface area contributed by atoms with Crippen molar-refractivity contribution in [2.45, 2.75) is 13.0 Å². The second-order valence-corrected chi connectivity index (χ2v) is 4.84. The van der Waals surface area contributed by atoms with Gasteiger partial charge in [0.15, 0.2) is 0 Å². The third-order valence-corrected chi connectivity index (χ3v) is 3.38. The van der Waals surface area contributed by atoms with E-state index in [1.54, 1.807) is 13.0 Å². The molecule has 0 aliphatic carbocycles. The maximum absolute atomic E-state index is 13.5. The number of imidazole rings is 1. The molecule has 0 bridgehead atoms. The Kier molecular flexibility index (Phi) is 2.94. The fourth-order valence-electron chi connectivity index (χ4n) is 1.64. The Bertz CT molecular complexity index is 610. The fourth-order valence-corrected chi connectivity index (χ4v) is 2.09. The number of benzene rings is 1. The molecule has 0 aliphatic rings. The molecule has 0 fully saturated rings. The van der Waals surface area contributed by atoms with Crippen molar-refractivity contribution in [3.63, 3.8) is 0 Å². The van der Waals surface area contributed by atoms with Crippen LogP contribution >= 0.6 is 22.6 Å². The number of hydrogen-bond donors (Lipinski definition) is 2. The molecule has 1 heterocycles. The lowest BCUT2D eigenvalue weighted by atomic mass is 10.2. The first kappa shape index (κ1) is 12.1. The van der Waals surface area contributed by atoms with Crippen LogP contribution in [0.4, 0.5) is 10.3 Å². The quantitative estimate of drug-likeness (QED) is 0.805. The van der Waals surface area contributed by atoms with Crippen LogP contribution in [-0.4, -0.2) is 15.5 Å². The highest BCUT2D eigenvalue weighted by Gasteiger charge is 2.19. The molecule has 2 rings (SSSR count). The summed E-state index contributed by atoms with van der Waals surface area (Å²) < 4.78 is 15.4. The van der Waals surface area contributed by atoms with E-state index in [0.717, 1.165) is 0 Å². The molecule has 0 aliphatic heterocycles. The van der Waals surface area contributed by atoms with Crippen molar-refractivity contribution in [1.82, 2.24) is 9.55 Å². The van der Waals surface area contributed by atoms with E-state index in [0.29, 0.717) is 14.6 Å². The highest BCUT2D eigenvalue weighted by atomic mass is 127. The predicted molar refractivity (Wildman–Crippen MR) is 70.7 cm³/mol. The molecule has 90 valence electrons. The van der Waals surface area contributed by atoms with Gasteiger partial charge in [0.25, 0.3) is 0 Å². The van der Waals surface area contributed by atoms with E-state index < -0.39 is 11.9 Å². The van der Waals surface area contributed by atoms with Crippen LogP contribution < -0.4 is 11.5 Å². The summed E-state index contributed by atoms with van der Waals surface area (Å²) in [5.41, 5.74) is 11.9. The van der Waals surface area contributed by atoms with E-state index >= 15 is 0 Å². The predicted octanol–water partition coefficient (Wildman–Crippen LogP) is 1.41. The van der Waals surface area contributed by atoms with E-state index in [4.69, 9.17) is 11.5 Å². The SMILES string of the molecule is CC(C(N)=O)n1c(N)nc2cc(I)c(F)cc21. The average Bonchev–Trinajstić information content (AvgIpc) is 2.53. The molecule has 0 saturated carbocycles. The first-order valence-electron chi connectivity index (χ1n) is 4.83. The summed E-state index contributed by atoms with van der Waals surface area (Å²) >= 11 is 1.87. The van der Waals surface area contributed by atoms with Crippen molar-refractivity contribution in [2.75, 3.05) is 5.73 Å². The molecular weight excluding hydrogens is 338 g/mol. The largest absolute Gasteiger partial charge is 0.369 e. The molecular formula is C10H10FIN4O. The summed E-state index contributed by atoms with van der Waals surface area (Å²) in [4.78, 5) is 15.2. The molecule has 5 nitrogen and oxygen atoms in total. The molecule has 0 saturated heterocycles. The number of aromatic nitrogens is 2. The molecule has 7 heteroatoms. The van der Waals surface area contributed by atoms with Gasteiger partial charge >= 0.3 is 0 Å². The van der Waals surface area contributed by atoms with E-state index in [2.05, 4.69) is 4.98 Å². The van der Waals surface area contributed by atoms with Crippen LogP contribution in [0.15, 0.2) is 12.1 Å².